The van der Waals surface area contributed by atoms with Gasteiger partial charge < -0.3 is 16.2 Å². The van der Waals surface area contributed by atoms with E-state index in [-0.39, 0.29) is 17.7 Å². The van der Waals surface area contributed by atoms with Crippen LogP contribution in [-0.2, 0) is 6.18 Å². The Morgan fingerprint density at radius 3 is 2.50 bits per heavy atom. The first-order valence-corrected chi connectivity index (χ1v) is 5.35. The molecule has 4 N–H and O–H groups in total. The quantitative estimate of drug-likeness (QED) is 0.770. The molecule has 0 fully saturated rings. The second kappa shape index (κ2) is 5.38. The monoisotopic (exact) mass is 264 g/mol. The van der Waals surface area contributed by atoms with Crippen molar-refractivity contribution < 1.29 is 18.3 Å². The van der Waals surface area contributed by atoms with Crippen LogP contribution in [0.4, 0.5) is 24.8 Å². The van der Waals surface area contributed by atoms with Gasteiger partial charge in [0.05, 0.1) is 6.10 Å². The van der Waals surface area contributed by atoms with Crippen LogP contribution in [0.15, 0.2) is 6.07 Å². The van der Waals surface area contributed by atoms with Crippen molar-refractivity contribution in [2.75, 3.05) is 11.1 Å². The Bertz CT molecular complexity index is 409. The molecule has 0 radical (unpaired) electrons. The molecule has 1 aromatic rings. The highest BCUT2D eigenvalue weighted by Gasteiger charge is 2.35. The Hall–Kier alpha value is -1.57. The van der Waals surface area contributed by atoms with Gasteiger partial charge in [0.1, 0.15) is 11.6 Å². The molecule has 8 heteroatoms. The Morgan fingerprint density at radius 2 is 2.00 bits per heavy atom. The smallest absolute Gasteiger partial charge is 0.393 e. The Labute approximate surface area is 102 Å². The molecule has 0 bridgehead atoms. The van der Waals surface area contributed by atoms with Gasteiger partial charge in [-0.1, -0.05) is 0 Å². The predicted octanol–water partition coefficient (Wildman–Crippen LogP) is 1.65. The summed E-state index contributed by atoms with van der Waals surface area (Å²) in [5, 5.41) is 11.9. The van der Waals surface area contributed by atoms with Gasteiger partial charge in [-0.2, -0.15) is 13.2 Å². The lowest BCUT2D eigenvalue weighted by Gasteiger charge is -2.17. The second-order valence-electron chi connectivity index (χ2n) is 4.13. The topological polar surface area (TPSA) is 84.1 Å². The molecule has 0 amide bonds. The third-order valence-corrected chi connectivity index (χ3v) is 2.09. The van der Waals surface area contributed by atoms with Gasteiger partial charge in [-0.25, -0.2) is 9.97 Å². The molecule has 0 spiro atoms. The molecular formula is C10H15F3N4O. The van der Waals surface area contributed by atoms with E-state index in [4.69, 9.17) is 10.8 Å². The molecule has 0 saturated heterocycles. The van der Waals surface area contributed by atoms with Crippen molar-refractivity contribution in [1.29, 1.82) is 0 Å². The zero-order valence-electron chi connectivity index (χ0n) is 9.99. The molecule has 0 saturated carbocycles. The van der Waals surface area contributed by atoms with E-state index in [9.17, 15) is 13.2 Å². The summed E-state index contributed by atoms with van der Waals surface area (Å²) in [7, 11) is 0. The Kier molecular flexibility index (Phi) is 4.33. The number of halogens is 3. The summed E-state index contributed by atoms with van der Waals surface area (Å²) < 4.78 is 37.3. The zero-order chi connectivity index (χ0) is 13.9. The van der Waals surface area contributed by atoms with Gasteiger partial charge in [-0.15, -0.1) is 0 Å². The molecule has 1 aromatic heterocycles. The fraction of sp³-hybridized carbons (Fsp3) is 0.600. The third-order valence-electron chi connectivity index (χ3n) is 2.09. The molecule has 1 rings (SSSR count). The van der Waals surface area contributed by atoms with Crippen LogP contribution in [0.2, 0.25) is 0 Å². The first-order chi connectivity index (χ1) is 8.18. The van der Waals surface area contributed by atoms with E-state index in [1.54, 1.807) is 13.8 Å². The average molecular weight is 264 g/mol. The molecule has 2 atom stereocenters. The number of nitrogen functional groups attached to an aromatic ring is 1. The summed E-state index contributed by atoms with van der Waals surface area (Å²) >= 11 is 0. The lowest BCUT2D eigenvalue weighted by Crippen LogP contribution is -2.22. The van der Waals surface area contributed by atoms with Crippen molar-refractivity contribution in [3.63, 3.8) is 0 Å². The number of aliphatic hydroxyl groups excluding tert-OH is 1. The van der Waals surface area contributed by atoms with Crippen LogP contribution < -0.4 is 11.1 Å². The van der Waals surface area contributed by atoms with Gasteiger partial charge in [0.15, 0.2) is 0 Å². The largest absolute Gasteiger partial charge is 0.451 e. The number of nitrogens with zero attached hydrogens (tertiary/aromatic N) is 2. The van der Waals surface area contributed by atoms with E-state index < -0.39 is 18.1 Å². The molecule has 5 nitrogen and oxygen atoms in total. The van der Waals surface area contributed by atoms with Crippen molar-refractivity contribution in [1.82, 2.24) is 9.97 Å². The van der Waals surface area contributed by atoms with E-state index in [0.29, 0.717) is 6.42 Å². The van der Waals surface area contributed by atoms with Gasteiger partial charge in [0, 0.05) is 12.1 Å². The molecule has 102 valence electrons. The molecule has 0 aliphatic rings. The van der Waals surface area contributed by atoms with Crippen LogP contribution in [0.1, 0.15) is 26.1 Å². The van der Waals surface area contributed by atoms with Crippen LogP contribution in [-0.4, -0.2) is 27.2 Å². The Morgan fingerprint density at radius 1 is 1.39 bits per heavy atom. The first kappa shape index (κ1) is 14.5. The van der Waals surface area contributed by atoms with Crippen LogP contribution in [0.3, 0.4) is 0 Å². The fourth-order valence-corrected chi connectivity index (χ4v) is 1.49. The maximum atomic E-state index is 12.4. The van der Waals surface area contributed by atoms with Crippen LogP contribution in [0.5, 0.6) is 0 Å². The third kappa shape index (κ3) is 4.36. The van der Waals surface area contributed by atoms with Crippen molar-refractivity contribution in [2.45, 2.75) is 38.6 Å². The lowest BCUT2D eigenvalue weighted by atomic mass is 10.1. The number of nitrogens with one attached hydrogen (secondary N) is 1. The number of rotatable bonds is 4. The summed E-state index contributed by atoms with van der Waals surface area (Å²) in [6.07, 6.45) is -4.82. The highest BCUT2D eigenvalue weighted by Crippen LogP contribution is 2.27. The number of aromatic nitrogens is 2. The summed E-state index contributed by atoms with van der Waals surface area (Å²) in [6, 6.07) is 0.980. The summed E-state index contributed by atoms with van der Waals surface area (Å²) in [6.45, 7) is 3.31. The van der Waals surface area contributed by atoms with Crippen LogP contribution in [0, 0.1) is 0 Å². The van der Waals surface area contributed by atoms with Gasteiger partial charge in [0.25, 0.3) is 0 Å². The number of alkyl halides is 3. The SMILES string of the molecule is CC(O)CC(C)Nc1cc(N)nc(C(F)(F)F)n1. The van der Waals surface area contributed by atoms with E-state index in [1.807, 2.05) is 0 Å². The van der Waals surface area contributed by atoms with Gasteiger partial charge >= 0.3 is 6.18 Å². The molecule has 18 heavy (non-hydrogen) atoms. The number of nitrogens with two attached hydrogens (primary N) is 1. The van der Waals surface area contributed by atoms with E-state index >= 15 is 0 Å². The van der Waals surface area contributed by atoms with Crippen LogP contribution in [0.25, 0.3) is 0 Å². The van der Waals surface area contributed by atoms with Crippen molar-refractivity contribution >= 4 is 11.6 Å². The molecule has 2 unspecified atom stereocenters. The minimum atomic E-state index is -4.64. The van der Waals surface area contributed by atoms with E-state index in [1.165, 1.54) is 6.07 Å². The predicted molar refractivity (Wildman–Crippen MR) is 60.8 cm³/mol. The maximum Gasteiger partial charge on any atom is 0.451 e. The van der Waals surface area contributed by atoms with Crippen molar-refractivity contribution in [3.05, 3.63) is 11.9 Å². The first-order valence-electron chi connectivity index (χ1n) is 5.35. The lowest BCUT2D eigenvalue weighted by molar-refractivity contribution is -0.144. The number of hydrogen-bond donors (Lipinski definition) is 3. The molecular weight excluding hydrogens is 249 g/mol. The molecule has 1 heterocycles. The molecule has 0 aliphatic heterocycles. The minimum Gasteiger partial charge on any atom is -0.393 e. The number of hydrogen-bond acceptors (Lipinski definition) is 5. The summed E-state index contributed by atoms with van der Waals surface area (Å²) in [5.74, 6) is -1.55. The zero-order valence-corrected chi connectivity index (χ0v) is 9.99. The molecule has 0 aromatic carbocycles. The highest BCUT2D eigenvalue weighted by molar-refractivity contribution is 5.45. The van der Waals surface area contributed by atoms with E-state index in [0.717, 1.165) is 0 Å². The molecule has 0 aliphatic carbocycles. The maximum absolute atomic E-state index is 12.4. The second-order valence-corrected chi connectivity index (χ2v) is 4.13. The number of aliphatic hydroxyl groups is 1. The minimum absolute atomic E-state index is 0.0111. The van der Waals surface area contributed by atoms with E-state index in [2.05, 4.69) is 15.3 Å². The fourth-order valence-electron chi connectivity index (χ4n) is 1.49. The normalized spacial score (nSPS) is 15.2. The highest BCUT2D eigenvalue weighted by atomic mass is 19.4. The van der Waals surface area contributed by atoms with Crippen LogP contribution >= 0.6 is 0 Å². The van der Waals surface area contributed by atoms with Gasteiger partial charge in [0.2, 0.25) is 5.82 Å². The summed E-state index contributed by atoms with van der Waals surface area (Å²) in [5.41, 5.74) is 5.29. The number of anilines is 2. The van der Waals surface area contributed by atoms with Gasteiger partial charge in [-0.05, 0) is 20.3 Å². The summed E-state index contributed by atoms with van der Waals surface area (Å²) in [4.78, 5) is 6.47. The van der Waals surface area contributed by atoms with Crippen molar-refractivity contribution in [3.8, 4) is 0 Å². The van der Waals surface area contributed by atoms with Crippen molar-refractivity contribution in [2.24, 2.45) is 0 Å². The average Bonchev–Trinajstić information content (AvgIpc) is 2.13. The van der Waals surface area contributed by atoms with Gasteiger partial charge in [-0.3, -0.25) is 0 Å². The standard InChI is InChI=1S/C10H15F3N4O/c1-5(3-6(2)18)15-8-4-7(14)16-9(17-8)10(11,12)13/h4-6,18H,3H2,1-2H3,(H3,14,15,16,17). The Balaban J connectivity index is 2.87.